The normalized spacial score (nSPS) is 10.3. The molecule has 0 atom stereocenters. The predicted octanol–water partition coefficient (Wildman–Crippen LogP) is 1.98. The van der Waals surface area contributed by atoms with Crippen LogP contribution in [0.2, 0.25) is 0 Å². The molecule has 0 radical (unpaired) electrons. The van der Waals surface area contributed by atoms with E-state index in [1.54, 1.807) is 13.2 Å². The van der Waals surface area contributed by atoms with Crippen molar-refractivity contribution in [3.63, 3.8) is 0 Å². The molecule has 1 aromatic carbocycles. The largest absolute Gasteiger partial charge is 0.496 e. The van der Waals surface area contributed by atoms with Crippen LogP contribution in [0.25, 0.3) is 11.3 Å². The van der Waals surface area contributed by atoms with Crippen molar-refractivity contribution in [1.29, 1.82) is 0 Å². The van der Waals surface area contributed by atoms with Gasteiger partial charge in [0.15, 0.2) is 0 Å². The maximum absolute atomic E-state index is 5.54. The topological polar surface area (TPSA) is 63.9 Å². The number of hydrogen-bond acceptors (Lipinski definition) is 3. The lowest BCUT2D eigenvalue weighted by Gasteiger charge is -2.05. The number of rotatable bonds is 2. The van der Waals surface area contributed by atoms with Crippen LogP contribution in [0.5, 0.6) is 5.75 Å². The average molecular weight is 203 g/mol. The van der Waals surface area contributed by atoms with Gasteiger partial charge in [0.05, 0.1) is 12.8 Å². The third-order valence-corrected chi connectivity index (χ3v) is 2.30. The number of aromatic nitrogens is 2. The van der Waals surface area contributed by atoms with Crippen LogP contribution in [-0.4, -0.2) is 17.3 Å². The molecule has 2 rings (SSSR count). The Kier molecular flexibility index (Phi) is 2.33. The van der Waals surface area contributed by atoms with Gasteiger partial charge in [-0.25, -0.2) is 0 Å². The Bertz CT molecular complexity index is 476. The molecule has 1 heterocycles. The fraction of sp³-hybridized carbons (Fsp3) is 0.182. The Balaban J connectivity index is 2.42. The molecule has 0 bridgehead atoms. The highest BCUT2D eigenvalue weighted by atomic mass is 16.5. The maximum atomic E-state index is 5.54. The van der Waals surface area contributed by atoms with Gasteiger partial charge in [-0.2, -0.15) is 5.10 Å². The predicted molar refractivity (Wildman–Crippen MR) is 59.7 cm³/mol. The summed E-state index contributed by atoms with van der Waals surface area (Å²) in [5, 5.41) is 6.76. The van der Waals surface area contributed by atoms with Crippen molar-refractivity contribution in [2.45, 2.75) is 6.92 Å². The SMILES string of the molecule is COc1ccc(-c2cc(N)n[nH]2)cc1C. The molecule has 4 heteroatoms. The van der Waals surface area contributed by atoms with Crippen LogP contribution in [0.3, 0.4) is 0 Å². The molecule has 0 saturated heterocycles. The van der Waals surface area contributed by atoms with Crippen LogP contribution in [-0.2, 0) is 0 Å². The van der Waals surface area contributed by atoms with Crippen molar-refractivity contribution in [2.24, 2.45) is 0 Å². The Labute approximate surface area is 88.1 Å². The molecular formula is C11H13N3O. The van der Waals surface area contributed by atoms with Gasteiger partial charge < -0.3 is 10.5 Å². The number of H-pyrrole nitrogens is 1. The number of anilines is 1. The van der Waals surface area contributed by atoms with Crippen molar-refractivity contribution < 1.29 is 4.74 Å². The summed E-state index contributed by atoms with van der Waals surface area (Å²) in [6, 6.07) is 7.74. The first-order valence-electron chi connectivity index (χ1n) is 4.66. The molecule has 0 spiro atoms. The van der Waals surface area contributed by atoms with Crippen LogP contribution >= 0.6 is 0 Å². The maximum Gasteiger partial charge on any atom is 0.145 e. The van der Waals surface area contributed by atoms with Crippen LogP contribution in [0.15, 0.2) is 24.3 Å². The zero-order chi connectivity index (χ0) is 10.8. The van der Waals surface area contributed by atoms with E-state index in [0.29, 0.717) is 5.82 Å². The zero-order valence-corrected chi connectivity index (χ0v) is 8.74. The number of aromatic amines is 1. The molecule has 0 aliphatic rings. The smallest absolute Gasteiger partial charge is 0.145 e. The molecule has 0 amide bonds. The minimum absolute atomic E-state index is 0.499. The molecule has 0 unspecified atom stereocenters. The first-order valence-corrected chi connectivity index (χ1v) is 4.66. The van der Waals surface area contributed by atoms with E-state index in [0.717, 1.165) is 22.6 Å². The number of nitrogens with two attached hydrogens (primary N) is 1. The van der Waals surface area contributed by atoms with Gasteiger partial charge in [0, 0.05) is 11.6 Å². The standard InChI is InChI=1S/C11H13N3O/c1-7-5-8(3-4-10(7)15-2)9-6-11(12)14-13-9/h3-6H,1-2H3,(H3,12,13,14). The van der Waals surface area contributed by atoms with E-state index in [1.165, 1.54) is 0 Å². The van der Waals surface area contributed by atoms with Crippen LogP contribution in [0.4, 0.5) is 5.82 Å². The number of ether oxygens (including phenoxy) is 1. The second-order valence-electron chi connectivity index (χ2n) is 3.39. The van der Waals surface area contributed by atoms with Crippen LogP contribution < -0.4 is 10.5 Å². The molecule has 2 aromatic rings. The first kappa shape index (κ1) is 9.58. The second kappa shape index (κ2) is 3.65. The van der Waals surface area contributed by atoms with Gasteiger partial charge in [-0.3, -0.25) is 5.10 Å². The van der Waals surface area contributed by atoms with E-state index in [-0.39, 0.29) is 0 Å². The second-order valence-corrected chi connectivity index (χ2v) is 3.39. The number of methoxy groups -OCH3 is 1. The molecule has 3 N–H and O–H groups in total. The average Bonchev–Trinajstić information content (AvgIpc) is 2.65. The quantitative estimate of drug-likeness (QED) is 0.784. The van der Waals surface area contributed by atoms with E-state index in [9.17, 15) is 0 Å². The molecule has 78 valence electrons. The van der Waals surface area contributed by atoms with Crippen LogP contribution in [0.1, 0.15) is 5.56 Å². The molecule has 0 aliphatic heterocycles. The lowest BCUT2D eigenvalue weighted by atomic mass is 10.1. The molecule has 15 heavy (non-hydrogen) atoms. The summed E-state index contributed by atoms with van der Waals surface area (Å²) < 4.78 is 5.19. The number of benzene rings is 1. The number of nitrogen functional groups attached to an aromatic ring is 1. The van der Waals surface area contributed by atoms with Crippen molar-refractivity contribution >= 4 is 5.82 Å². The summed E-state index contributed by atoms with van der Waals surface area (Å²) >= 11 is 0. The fourth-order valence-electron chi connectivity index (χ4n) is 1.53. The highest BCUT2D eigenvalue weighted by Gasteiger charge is 2.04. The van der Waals surface area contributed by atoms with Crippen LogP contribution in [0, 0.1) is 6.92 Å². The van der Waals surface area contributed by atoms with Gasteiger partial charge in [0.1, 0.15) is 11.6 Å². The fourth-order valence-corrected chi connectivity index (χ4v) is 1.53. The summed E-state index contributed by atoms with van der Waals surface area (Å²) in [6.07, 6.45) is 0. The van der Waals surface area contributed by atoms with Gasteiger partial charge in [-0.15, -0.1) is 0 Å². The van der Waals surface area contributed by atoms with Gasteiger partial charge in [-0.05, 0) is 30.7 Å². The first-order chi connectivity index (χ1) is 7.20. The van der Waals surface area contributed by atoms with Crippen molar-refractivity contribution in [1.82, 2.24) is 10.2 Å². The summed E-state index contributed by atoms with van der Waals surface area (Å²) in [4.78, 5) is 0. The number of aryl methyl sites for hydroxylation is 1. The number of nitrogens with one attached hydrogen (secondary N) is 1. The Morgan fingerprint density at radius 2 is 2.13 bits per heavy atom. The Morgan fingerprint density at radius 1 is 1.33 bits per heavy atom. The lowest BCUT2D eigenvalue weighted by Crippen LogP contribution is -1.87. The number of nitrogens with zero attached hydrogens (tertiary/aromatic N) is 1. The summed E-state index contributed by atoms with van der Waals surface area (Å²) in [5.74, 6) is 1.38. The monoisotopic (exact) mass is 203 g/mol. The summed E-state index contributed by atoms with van der Waals surface area (Å²) in [7, 11) is 1.66. The van der Waals surface area contributed by atoms with E-state index >= 15 is 0 Å². The Hall–Kier alpha value is -1.97. The molecule has 0 aliphatic carbocycles. The lowest BCUT2D eigenvalue weighted by molar-refractivity contribution is 0.412. The molecule has 1 aromatic heterocycles. The van der Waals surface area contributed by atoms with E-state index < -0.39 is 0 Å². The van der Waals surface area contributed by atoms with Gasteiger partial charge in [-0.1, -0.05) is 0 Å². The molecule has 0 fully saturated rings. The van der Waals surface area contributed by atoms with Gasteiger partial charge in [0.25, 0.3) is 0 Å². The van der Waals surface area contributed by atoms with E-state index in [2.05, 4.69) is 10.2 Å². The van der Waals surface area contributed by atoms with Gasteiger partial charge >= 0.3 is 0 Å². The molecule has 4 nitrogen and oxygen atoms in total. The Morgan fingerprint density at radius 3 is 2.67 bits per heavy atom. The van der Waals surface area contributed by atoms with E-state index in [1.807, 2.05) is 25.1 Å². The third kappa shape index (κ3) is 1.79. The summed E-state index contributed by atoms with van der Waals surface area (Å²) in [6.45, 7) is 2.00. The minimum atomic E-state index is 0.499. The minimum Gasteiger partial charge on any atom is -0.496 e. The number of hydrogen-bond donors (Lipinski definition) is 2. The van der Waals surface area contributed by atoms with Crippen molar-refractivity contribution in [3.8, 4) is 17.0 Å². The highest BCUT2D eigenvalue weighted by Crippen LogP contribution is 2.25. The highest BCUT2D eigenvalue weighted by molar-refractivity contribution is 5.64. The third-order valence-electron chi connectivity index (χ3n) is 2.30. The van der Waals surface area contributed by atoms with Crippen molar-refractivity contribution in [2.75, 3.05) is 12.8 Å². The zero-order valence-electron chi connectivity index (χ0n) is 8.74. The van der Waals surface area contributed by atoms with Gasteiger partial charge in [0.2, 0.25) is 0 Å². The van der Waals surface area contributed by atoms with E-state index in [4.69, 9.17) is 10.5 Å². The molecule has 0 saturated carbocycles. The van der Waals surface area contributed by atoms with Crippen molar-refractivity contribution in [3.05, 3.63) is 29.8 Å². The molecular weight excluding hydrogens is 190 g/mol. The summed E-state index contributed by atoms with van der Waals surface area (Å²) in [5.41, 5.74) is 8.60.